The molecule has 0 saturated carbocycles. The molecule has 1 aliphatic heterocycles. The number of piperidine rings is 1. The largest absolute Gasteiger partial charge is 0.492 e. The zero-order valence-corrected chi connectivity index (χ0v) is 25.2. The Kier molecular flexibility index (Phi) is 8.91. The van der Waals surface area contributed by atoms with Crippen LogP contribution in [0.4, 0.5) is 16.5 Å². The predicted molar refractivity (Wildman–Crippen MR) is 162 cm³/mol. The van der Waals surface area contributed by atoms with E-state index in [0.29, 0.717) is 70.7 Å². The fraction of sp³-hybridized carbons (Fsp3) is 0.355. The van der Waals surface area contributed by atoms with Crippen molar-refractivity contribution in [2.24, 2.45) is 5.92 Å². The maximum absolute atomic E-state index is 12.3. The van der Waals surface area contributed by atoms with Crippen molar-refractivity contribution in [3.8, 4) is 17.2 Å². The molecule has 43 heavy (non-hydrogen) atoms. The Morgan fingerprint density at radius 1 is 1.07 bits per heavy atom. The Morgan fingerprint density at radius 3 is 2.58 bits per heavy atom. The van der Waals surface area contributed by atoms with Crippen molar-refractivity contribution < 1.29 is 28.2 Å². The van der Waals surface area contributed by atoms with E-state index in [0.717, 1.165) is 12.8 Å². The van der Waals surface area contributed by atoms with Crippen LogP contribution in [0, 0.1) is 5.92 Å². The van der Waals surface area contributed by atoms with Crippen molar-refractivity contribution in [2.45, 2.75) is 39.2 Å². The van der Waals surface area contributed by atoms with Crippen LogP contribution >= 0.6 is 11.6 Å². The number of benzene rings is 2. The van der Waals surface area contributed by atoms with Crippen molar-refractivity contribution in [3.05, 3.63) is 65.4 Å². The van der Waals surface area contributed by atoms with E-state index in [1.54, 1.807) is 54.4 Å². The number of aromatic nitrogens is 2. The lowest BCUT2D eigenvalue weighted by atomic mass is 9.98. The summed E-state index contributed by atoms with van der Waals surface area (Å²) in [7, 11) is 1.54. The molecule has 3 heterocycles. The maximum atomic E-state index is 12.3. The highest BCUT2D eigenvalue weighted by Gasteiger charge is 2.27. The Labute approximate surface area is 254 Å². The van der Waals surface area contributed by atoms with E-state index in [-0.39, 0.29) is 17.7 Å². The van der Waals surface area contributed by atoms with Gasteiger partial charge >= 0.3 is 6.09 Å². The fourth-order valence-electron chi connectivity index (χ4n) is 4.52. The van der Waals surface area contributed by atoms with E-state index in [9.17, 15) is 9.59 Å². The van der Waals surface area contributed by atoms with Crippen molar-refractivity contribution in [2.75, 3.05) is 32.1 Å². The first kappa shape index (κ1) is 30.0. The molecule has 0 bridgehead atoms. The van der Waals surface area contributed by atoms with Crippen molar-refractivity contribution >= 4 is 46.4 Å². The molecule has 1 aliphatic rings. The number of anilines is 2. The van der Waals surface area contributed by atoms with Gasteiger partial charge in [0.05, 0.1) is 11.6 Å². The van der Waals surface area contributed by atoms with Gasteiger partial charge in [-0.15, -0.1) is 0 Å². The van der Waals surface area contributed by atoms with Gasteiger partial charge in [-0.25, -0.2) is 4.79 Å². The van der Waals surface area contributed by atoms with Gasteiger partial charge in [0.25, 0.3) is 11.9 Å². The lowest BCUT2D eigenvalue weighted by Crippen LogP contribution is -2.42. The summed E-state index contributed by atoms with van der Waals surface area (Å²) in [5, 5.41) is 6.20. The summed E-state index contributed by atoms with van der Waals surface area (Å²) in [6, 6.07) is 14.1. The Bertz CT molecular complexity index is 1610. The second kappa shape index (κ2) is 12.8. The molecule has 0 radical (unpaired) electrons. The number of hydrogen-bond acceptors (Lipinski definition) is 9. The molecule has 2 amide bonds. The molecule has 5 rings (SSSR count). The van der Waals surface area contributed by atoms with E-state index in [2.05, 4.69) is 20.6 Å². The smallest absolute Gasteiger partial charge is 0.410 e. The van der Waals surface area contributed by atoms with Crippen LogP contribution in [-0.4, -0.2) is 59.2 Å². The molecule has 12 heteroatoms. The van der Waals surface area contributed by atoms with Crippen LogP contribution < -0.4 is 20.1 Å². The molecule has 11 nitrogen and oxygen atoms in total. The van der Waals surface area contributed by atoms with E-state index in [1.807, 2.05) is 26.8 Å². The van der Waals surface area contributed by atoms with Gasteiger partial charge in [0, 0.05) is 50.2 Å². The summed E-state index contributed by atoms with van der Waals surface area (Å²) in [6.07, 6.45) is 2.87. The lowest BCUT2D eigenvalue weighted by Gasteiger charge is -2.33. The molecule has 4 aromatic rings. The number of fused-ring (bicyclic) bond motifs is 1. The van der Waals surface area contributed by atoms with Gasteiger partial charge in [0.1, 0.15) is 34.1 Å². The first-order valence-electron chi connectivity index (χ1n) is 14.0. The second-order valence-electron chi connectivity index (χ2n) is 11.2. The normalized spacial score (nSPS) is 13.9. The first-order chi connectivity index (χ1) is 20.6. The molecule has 0 unspecified atom stereocenters. The highest BCUT2D eigenvalue weighted by Crippen LogP contribution is 2.32. The minimum absolute atomic E-state index is 0.254. The van der Waals surface area contributed by atoms with Crippen molar-refractivity contribution in [1.29, 1.82) is 0 Å². The monoisotopic (exact) mass is 607 g/mol. The van der Waals surface area contributed by atoms with Gasteiger partial charge in [-0.3, -0.25) is 9.78 Å². The fourth-order valence-corrected chi connectivity index (χ4v) is 4.69. The number of likely N-dealkylation sites (tertiary alicyclic amines) is 1. The van der Waals surface area contributed by atoms with Gasteiger partial charge in [-0.05, 0) is 69.9 Å². The number of hydrogen-bond donors (Lipinski definition) is 2. The topological polar surface area (TPSA) is 128 Å². The second-order valence-corrected chi connectivity index (χ2v) is 11.6. The quantitative estimate of drug-likeness (QED) is 0.222. The number of carbonyl (C=O) groups excluding carboxylic acids is 2. The number of nitrogens with one attached hydrogen (secondary N) is 2. The molecule has 2 aromatic heterocycles. The summed E-state index contributed by atoms with van der Waals surface area (Å²) in [5.41, 5.74) is 1.59. The molecule has 2 N–H and O–H groups in total. The molecule has 2 aromatic carbocycles. The Balaban J connectivity index is 1.18. The highest BCUT2D eigenvalue weighted by molar-refractivity contribution is 6.32. The lowest BCUT2D eigenvalue weighted by molar-refractivity contribution is 0.0165. The molecule has 0 spiro atoms. The molecular formula is C31H34ClN5O6. The zero-order valence-electron chi connectivity index (χ0n) is 24.5. The number of pyridine rings is 1. The predicted octanol–water partition coefficient (Wildman–Crippen LogP) is 6.80. The summed E-state index contributed by atoms with van der Waals surface area (Å²) in [6.45, 7) is 7.34. The molecule has 226 valence electrons. The summed E-state index contributed by atoms with van der Waals surface area (Å²) in [5.74, 6) is 1.53. The van der Waals surface area contributed by atoms with Gasteiger partial charge in [0.2, 0.25) is 0 Å². The van der Waals surface area contributed by atoms with E-state index in [1.165, 1.54) is 6.20 Å². The van der Waals surface area contributed by atoms with E-state index in [4.69, 9.17) is 30.2 Å². The SMILES string of the molecule is CNC(=O)c1cc(Oc2ccc3oc(Nc4ccc(Cl)c(OCC5CCN(C(=O)OC(C)(C)C)CC5)c4)nc3c2)ccn1. The van der Waals surface area contributed by atoms with Crippen LogP contribution in [0.25, 0.3) is 11.1 Å². The molecule has 1 saturated heterocycles. The Hall–Kier alpha value is -4.51. The third-order valence-corrected chi connectivity index (χ3v) is 7.02. The highest BCUT2D eigenvalue weighted by atomic mass is 35.5. The number of halogens is 1. The third kappa shape index (κ3) is 7.86. The average molecular weight is 608 g/mol. The van der Waals surface area contributed by atoms with E-state index >= 15 is 0 Å². The minimum Gasteiger partial charge on any atom is -0.492 e. The van der Waals surface area contributed by atoms with Crippen LogP contribution in [-0.2, 0) is 4.74 Å². The molecule has 0 aliphatic carbocycles. The zero-order chi connectivity index (χ0) is 30.6. The number of amides is 2. The van der Waals surface area contributed by atoms with Crippen LogP contribution in [0.1, 0.15) is 44.1 Å². The summed E-state index contributed by atoms with van der Waals surface area (Å²) < 4.78 is 23.4. The average Bonchev–Trinajstić information content (AvgIpc) is 3.38. The summed E-state index contributed by atoms with van der Waals surface area (Å²) in [4.78, 5) is 34.5. The van der Waals surface area contributed by atoms with Crippen LogP contribution in [0.15, 0.2) is 59.1 Å². The van der Waals surface area contributed by atoms with Gasteiger partial charge in [-0.1, -0.05) is 11.6 Å². The Morgan fingerprint density at radius 2 is 1.84 bits per heavy atom. The minimum atomic E-state index is -0.511. The van der Waals surface area contributed by atoms with E-state index < -0.39 is 5.60 Å². The van der Waals surface area contributed by atoms with Crippen molar-refractivity contribution in [3.63, 3.8) is 0 Å². The third-order valence-electron chi connectivity index (χ3n) is 6.71. The van der Waals surface area contributed by atoms with Gasteiger partial charge < -0.3 is 34.2 Å². The van der Waals surface area contributed by atoms with Crippen LogP contribution in [0.5, 0.6) is 17.2 Å². The summed E-state index contributed by atoms with van der Waals surface area (Å²) >= 11 is 6.43. The maximum Gasteiger partial charge on any atom is 0.410 e. The number of rotatable bonds is 8. The van der Waals surface area contributed by atoms with Crippen molar-refractivity contribution in [1.82, 2.24) is 20.2 Å². The molecule has 1 fully saturated rings. The van der Waals surface area contributed by atoms with Crippen LogP contribution in [0.2, 0.25) is 5.02 Å². The first-order valence-corrected chi connectivity index (χ1v) is 14.4. The molecular weight excluding hydrogens is 574 g/mol. The number of carbonyl (C=O) groups is 2. The van der Waals surface area contributed by atoms with Crippen LogP contribution in [0.3, 0.4) is 0 Å². The van der Waals surface area contributed by atoms with Gasteiger partial charge in [0.15, 0.2) is 5.58 Å². The standard InChI is InChI=1S/C31H34ClN5O6/c1-31(2,3)43-30(39)37-13-10-19(11-14-37)18-40-27-15-20(5-7-23(27)32)35-29-36-24-16-21(6-8-26(24)42-29)41-22-9-12-34-25(17-22)28(38)33-4/h5-9,12,15-17,19H,10-11,13-14,18H2,1-4H3,(H,33,38)(H,35,36). The van der Waals surface area contributed by atoms with Gasteiger partial charge in [-0.2, -0.15) is 4.98 Å². The number of ether oxygens (including phenoxy) is 3. The number of nitrogens with zero attached hydrogens (tertiary/aromatic N) is 3. The number of oxazole rings is 1. The molecule has 0 atom stereocenters.